The normalized spacial score (nSPS) is 17.9. The Morgan fingerprint density at radius 3 is 2.62 bits per heavy atom. The highest BCUT2D eigenvalue weighted by molar-refractivity contribution is 7.91. The summed E-state index contributed by atoms with van der Waals surface area (Å²) < 4.78 is 39.5. The number of carbonyl (C=O) groups is 1. The van der Waals surface area contributed by atoms with Crippen LogP contribution in [0.3, 0.4) is 0 Å². The summed E-state index contributed by atoms with van der Waals surface area (Å²) in [6, 6.07) is 14.7. The van der Waals surface area contributed by atoms with Gasteiger partial charge in [-0.25, -0.2) is 8.42 Å². The molecule has 2 aromatic carbocycles. The van der Waals surface area contributed by atoms with E-state index in [0.29, 0.717) is 37.9 Å². The van der Waals surface area contributed by atoms with E-state index in [0.717, 1.165) is 21.2 Å². The molecule has 0 aliphatic carbocycles. The van der Waals surface area contributed by atoms with Crippen molar-refractivity contribution < 1.29 is 22.7 Å². The maximum atomic E-state index is 13.2. The largest absolute Gasteiger partial charge is 0.348 e. The summed E-state index contributed by atoms with van der Waals surface area (Å²) in [6.45, 7) is 2.58. The van der Waals surface area contributed by atoms with Crippen molar-refractivity contribution in [2.45, 2.75) is 17.0 Å². The third kappa shape index (κ3) is 6.14. The summed E-state index contributed by atoms with van der Waals surface area (Å²) in [4.78, 5) is 14.5. The molecular weight excluding hydrogens is 536 g/mol. The summed E-state index contributed by atoms with van der Waals surface area (Å²) in [5.41, 5.74) is 1.89. The van der Waals surface area contributed by atoms with Crippen LogP contribution in [0, 0.1) is 0 Å². The molecule has 12 heteroatoms. The molecule has 2 aliphatic rings. The highest BCUT2D eigenvalue weighted by Crippen LogP contribution is 2.33. The summed E-state index contributed by atoms with van der Waals surface area (Å²) in [5, 5.41) is 7.54. The van der Waals surface area contributed by atoms with E-state index in [1.807, 2.05) is 31.3 Å². The molecule has 2 saturated heterocycles. The number of carbonyl (C=O) groups excluding carboxylic acids is 1. The number of thiophene rings is 1. The Labute approximate surface area is 224 Å². The molecule has 3 aromatic rings. The van der Waals surface area contributed by atoms with E-state index in [4.69, 9.17) is 21.1 Å². The summed E-state index contributed by atoms with van der Waals surface area (Å²) in [5.74, 6) is -0.220. The van der Waals surface area contributed by atoms with Gasteiger partial charge < -0.3 is 14.4 Å². The van der Waals surface area contributed by atoms with Gasteiger partial charge in [0, 0.05) is 36.4 Å². The molecule has 0 saturated carbocycles. The maximum Gasteiger partial charge on any atom is 0.253 e. The molecule has 2 aliphatic heterocycles. The van der Waals surface area contributed by atoms with Crippen molar-refractivity contribution in [1.82, 2.24) is 14.2 Å². The number of piperazine rings is 1. The van der Waals surface area contributed by atoms with Gasteiger partial charge in [-0.05, 0) is 34.7 Å². The molecule has 0 unspecified atom stereocenters. The number of halogens is 1. The number of sulfonamides is 1. The molecule has 9 nitrogen and oxygen atoms in total. The van der Waals surface area contributed by atoms with E-state index in [-0.39, 0.29) is 29.5 Å². The van der Waals surface area contributed by atoms with Crippen molar-refractivity contribution in [2.24, 2.45) is 5.10 Å². The average molecular weight is 563 g/mol. The van der Waals surface area contributed by atoms with Gasteiger partial charge in [0.05, 0.1) is 32.5 Å². The van der Waals surface area contributed by atoms with E-state index in [1.165, 1.54) is 15.6 Å². The fourth-order valence-corrected chi connectivity index (χ4v) is 7.37. The zero-order valence-corrected chi connectivity index (χ0v) is 22.6. The van der Waals surface area contributed by atoms with Crippen LogP contribution >= 0.6 is 22.9 Å². The molecular formula is C25H27ClN4O5S2. The Morgan fingerprint density at radius 1 is 1.14 bits per heavy atom. The van der Waals surface area contributed by atoms with Crippen LogP contribution in [-0.4, -0.2) is 87.5 Å². The lowest BCUT2D eigenvalue weighted by Gasteiger charge is -2.33. The van der Waals surface area contributed by atoms with Gasteiger partial charge in [-0.1, -0.05) is 41.9 Å². The maximum absolute atomic E-state index is 13.2. The summed E-state index contributed by atoms with van der Waals surface area (Å²) in [6.07, 6.45) is 1.51. The first kappa shape index (κ1) is 26.1. The van der Waals surface area contributed by atoms with Crippen molar-refractivity contribution in [3.63, 3.8) is 0 Å². The molecule has 37 heavy (non-hydrogen) atoms. The minimum absolute atomic E-state index is 0.178. The number of fused-ring (bicyclic) bond motifs is 1. The Bertz CT molecular complexity index is 1400. The van der Waals surface area contributed by atoms with Gasteiger partial charge in [-0.3, -0.25) is 9.80 Å². The number of hydrogen-bond acceptors (Lipinski definition) is 8. The molecule has 3 heterocycles. The predicted molar refractivity (Wildman–Crippen MR) is 143 cm³/mol. The van der Waals surface area contributed by atoms with Gasteiger partial charge in [0.1, 0.15) is 4.21 Å². The second kappa shape index (κ2) is 11.1. The van der Waals surface area contributed by atoms with Crippen molar-refractivity contribution in [1.29, 1.82) is 0 Å². The average Bonchev–Trinajstić information content (AvgIpc) is 3.54. The van der Waals surface area contributed by atoms with E-state index in [9.17, 15) is 13.2 Å². The first-order chi connectivity index (χ1) is 17.8. The number of hydrogen-bond donors (Lipinski definition) is 0. The lowest BCUT2D eigenvalue weighted by molar-refractivity contribution is -0.134. The highest BCUT2D eigenvalue weighted by Gasteiger charge is 2.34. The van der Waals surface area contributed by atoms with Crippen molar-refractivity contribution in [2.75, 3.05) is 46.4 Å². The lowest BCUT2D eigenvalue weighted by Crippen LogP contribution is -2.51. The minimum Gasteiger partial charge on any atom is -0.348 e. The molecule has 1 amide bonds. The number of ether oxygens (including phenoxy) is 2. The predicted octanol–water partition coefficient (Wildman–Crippen LogP) is 3.23. The Balaban J connectivity index is 1.16. The van der Waals surface area contributed by atoms with Crippen LogP contribution in [0.1, 0.15) is 11.1 Å². The molecule has 1 aromatic heterocycles. The first-order valence-corrected chi connectivity index (χ1v) is 14.5. The number of likely N-dealkylation sites (N-methyl/N-ethyl adjacent to an activating group) is 1. The Morgan fingerprint density at radius 2 is 1.89 bits per heavy atom. The smallest absolute Gasteiger partial charge is 0.253 e. The molecule has 196 valence electrons. The molecule has 2 fully saturated rings. The standard InChI is InChI=1S/C25H27ClN4O5S2/c1-28(17-24-34-10-11-35-24)27-14-18-2-4-19(5-3-18)15-29-8-9-30(16-23(29)31)37(32,33)25-12-20-6-7-21(26)13-22(20)36-25/h2-7,12-14,24H,8-11,15-17H2,1H3. The quantitative estimate of drug-likeness (QED) is 0.309. The monoisotopic (exact) mass is 562 g/mol. The molecule has 0 atom stereocenters. The van der Waals surface area contributed by atoms with Crippen molar-refractivity contribution in [3.05, 3.63) is 64.7 Å². The zero-order valence-electron chi connectivity index (χ0n) is 20.2. The fourth-order valence-electron chi connectivity index (χ4n) is 4.16. The fraction of sp³-hybridized carbons (Fsp3) is 0.360. The Hall–Kier alpha value is -2.54. The van der Waals surface area contributed by atoms with E-state index in [2.05, 4.69) is 5.10 Å². The molecule has 5 rings (SSSR count). The van der Waals surface area contributed by atoms with Crippen LogP contribution < -0.4 is 0 Å². The number of nitrogens with zero attached hydrogens (tertiary/aromatic N) is 4. The Kier molecular flexibility index (Phi) is 7.80. The number of benzene rings is 2. The van der Waals surface area contributed by atoms with Gasteiger partial charge >= 0.3 is 0 Å². The lowest BCUT2D eigenvalue weighted by atomic mass is 10.1. The van der Waals surface area contributed by atoms with Crippen LogP contribution in [0.15, 0.2) is 57.8 Å². The first-order valence-electron chi connectivity index (χ1n) is 11.8. The van der Waals surface area contributed by atoms with Gasteiger partial charge in [0.2, 0.25) is 5.91 Å². The van der Waals surface area contributed by atoms with Gasteiger partial charge in [-0.2, -0.15) is 9.41 Å². The summed E-state index contributed by atoms with van der Waals surface area (Å²) in [7, 11) is -1.91. The third-order valence-electron chi connectivity index (χ3n) is 6.20. The van der Waals surface area contributed by atoms with Crippen LogP contribution in [-0.2, 0) is 30.8 Å². The number of amides is 1. The van der Waals surface area contributed by atoms with Gasteiger partial charge in [0.25, 0.3) is 10.0 Å². The topological polar surface area (TPSA) is 91.8 Å². The minimum atomic E-state index is -3.77. The van der Waals surface area contributed by atoms with E-state index >= 15 is 0 Å². The molecule has 0 radical (unpaired) electrons. The van der Waals surface area contributed by atoms with Crippen LogP contribution in [0.25, 0.3) is 10.1 Å². The highest BCUT2D eigenvalue weighted by atomic mass is 35.5. The SMILES string of the molecule is CN(CC1OCCO1)N=Cc1ccc(CN2CCN(S(=O)(=O)c3cc4ccc(Cl)cc4s3)CC2=O)cc1. The second-order valence-electron chi connectivity index (χ2n) is 8.90. The van der Waals surface area contributed by atoms with Crippen molar-refractivity contribution in [3.8, 4) is 0 Å². The van der Waals surface area contributed by atoms with Crippen LogP contribution in [0.4, 0.5) is 0 Å². The van der Waals surface area contributed by atoms with E-state index < -0.39 is 10.0 Å². The van der Waals surface area contributed by atoms with Crippen LogP contribution in [0.2, 0.25) is 5.02 Å². The summed E-state index contributed by atoms with van der Waals surface area (Å²) >= 11 is 7.20. The molecule has 0 bridgehead atoms. The second-order valence-corrected chi connectivity index (χ2v) is 12.6. The molecule has 0 N–H and O–H groups in total. The number of rotatable bonds is 8. The number of hydrazone groups is 1. The van der Waals surface area contributed by atoms with Crippen molar-refractivity contribution >= 4 is 55.2 Å². The molecule has 0 spiro atoms. The third-order valence-corrected chi connectivity index (χ3v) is 9.83. The van der Waals surface area contributed by atoms with Crippen LogP contribution in [0.5, 0.6) is 0 Å². The van der Waals surface area contributed by atoms with E-state index in [1.54, 1.807) is 40.4 Å². The zero-order chi connectivity index (χ0) is 26.0. The van der Waals surface area contributed by atoms with Gasteiger partial charge in [-0.15, -0.1) is 11.3 Å². The van der Waals surface area contributed by atoms with Gasteiger partial charge in [0.15, 0.2) is 6.29 Å².